The molecule has 152 valence electrons. The van der Waals surface area contributed by atoms with E-state index in [9.17, 15) is 0 Å². The molecule has 6 heteroatoms. The normalized spacial score (nSPS) is 12.5. The molecule has 1 atom stereocenters. The van der Waals surface area contributed by atoms with Gasteiger partial charge in [-0.15, -0.1) is 23.7 Å². The number of hydrogen-bond donors (Lipinski definition) is 2. The number of aromatic nitrogens is 1. The van der Waals surface area contributed by atoms with E-state index in [0.717, 1.165) is 47.2 Å². The monoisotopic (exact) mass is 408 g/mol. The van der Waals surface area contributed by atoms with Gasteiger partial charge in [0.25, 0.3) is 0 Å². The van der Waals surface area contributed by atoms with E-state index in [1.165, 1.54) is 11.3 Å². The van der Waals surface area contributed by atoms with Gasteiger partial charge in [0.05, 0.1) is 18.3 Å². The van der Waals surface area contributed by atoms with Crippen LogP contribution in [-0.2, 0) is 6.42 Å². The molecular weight excluding hydrogens is 380 g/mol. The van der Waals surface area contributed by atoms with Gasteiger partial charge in [0, 0.05) is 18.0 Å². The molecule has 1 aromatic carbocycles. The molecule has 2 rings (SSSR count). The zero-order valence-corrected chi connectivity index (χ0v) is 17.6. The van der Waals surface area contributed by atoms with Crippen LogP contribution in [0.1, 0.15) is 43.5 Å². The average molecular weight is 409 g/mol. The van der Waals surface area contributed by atoms with Gasteiger partial charge in [0.2, 0.25) is 0 Å². The molecule has 0 amide bonds. The number of anilines is 1. The number of nitrogens with zero attached hydrogens (tertiary/aromatic N) is 2. The maximum atomic E-state index is 6.35. The molecule has 1 heterocycles. The molecular formula is C23H28N4OS. The van der Waals surface area contributed by atoms with Crippen LogP contribution >= 0.6 is 11.3 Å². The Kier molecular flexibility index (Phi) is 9.70. The quantitative estimate of drug-likeness (QED) is 0.178. The molecule has 0 aliphatic heterocycles. The number of aliphatic imine (C=N–C) groups is 1. The van der Waals surface area contributed by atoms with E-state index in [2.05, 4.69) is 27.8 Å². The van der Waals surface area contributed by atoms with E-state index < -0.39 is 0 Å². The van der Waals surface area contributed by atoms with E-state index in [0.29, 0.717) is 13.0 Å². The number of ether oxygens (including phenoxy) is 1. The first-order valence-electron chi connectivity index (χ1n) is 9.57. The standard InChI is InChI=1S/C23H28N4OS/c1-4-6-8-9-15-28-20-12-10-19(11-13-20)16-21(24)22-17-29-23(27-22)26-18(3)25-14-7-5-2/h1,5,7,10-14,17,21H,2,6,8-9,15-16,24H2,3H3,(H,25,26,27)/b14-7-. The molecule has 0 aliphatic rings. The minimum absolute atomic E-state index is 0.171. The largest absolute Gasteiger partial charge is 0.494 e. The van der Waals surface area contributed by atoms with Crippen molar-refractivity contribution >= 4 is 22.3 Å². The Labute approximate surface area is 177 Å². The van der Waals surface area contributed by atoms with Crippen molar-refractivity contribution in [3.8, 4) is 18.1 Å². The van der Waals surface area contributed by atoms with Crippen LogP contribution in [0.15, 0.2) is 59.6 Å². The summed E-state index contributed by atoms with van der Waals surface area (Å²) < 4.78 is 5.73. The van der Waals surface area contributed by atoms with Crippen LogP contribution in [0, 0.1) is 12.3 Å². The van der Waals surface area contributed by atoms with Crippen molar-refractivity contribution in [2.24, 2.45) is 10.7 Å². The van der Waals surface area contributed by atoms with E-state index in [1.54, 1.807) is 18.4 Å². The molecule has 5 nitrogen and oxygen atoms in total. The van der Waals surface area contributed by atoms with Crippen LogP contribution < -0.4 is 15.8 Å². The zero-order valence-electron chi connectivity index (χ0n) is 16.8. The Morgan fingerprint density at radius 3 is 2.93 bits per heavy atom. The Balaban J connectivity index is 1.84. The topological polar surface area (TPSA) is 72.5 Å². The van der Waals surface area contributed by atoms with Crippen LogP contribution in [0.2, 0.25) is 0 Å². The highest BCUT2D eigenvalue weighted by Crippen LogP contribution is 2.23. The fourth-order valence-electron chi connectivity index (χ4n) is 2.52. The van der Waals surface area contributed by atoms with Crippen molar-refractivity contribution in [2.45, 2.75) is 38.6 Å². The van der Waals surface area contributed by atoms with E-state index in [4.69, 9.17) is 16.9 Å². The molecule has 1 unspecified atom stereocenters. The van der Waals surface area contributed by atoms with Crippen molar-refractivity contribution < 1.29 is 4.74 Å². The number of hydrogen-bond acceptors (Lipinski definition) is 5. The predicted molar refractivity (Wildman–Crippen MR) is 123 cm³/mol. The zero-order chi connectivity index (χ0) is 20.9. The van der Waals surface area contributed by atoms with E-state index >= 15 is 0 Å². The fraction of sp³-hybridized carbons (Fsp3) is 0.304. The molecule has 0 bridgehead atoms. The molecule has 0 aliphatic carbocycles. The summed E-state index contributed by atoms with van der Waals surface area (Å²) >= 11 is 1.51. The summed E-state index contributed by atoms with van der Waals surface area (Å²) in [6, 6.07) is 7.88. The van der Waals surface area contributed by atoms with Gasteiger partial charge >= 0.3 is 0 Å². The van der Waals surface area contributed by atoms with E-state index in [-0.39, 0.29) is 6.04 Å². The Morgan fingerprint density at radius 1 is 1.41 bits per heavy atom. The summed E-state index contributed by atoms with van der Waals surface area (Å²) in [6.07, 6.45) is 13.8. The number of allylic oxidation sites excluding steroid dienone is 2. The summed E-state index contributed by atoms with van der Waals surface area (Å²) in [4.78, 5) is 8.82. The van der Waals surface area contributed by atoms with Crippen molar-refractivity contribution in [2.75, 3.05) is 11.9 Å². The first-order valence-corrected chi connectivity index (χ1v) is 10.5. The Hall–Kier alpha value is -2.88. The number of amidine groups is 1. The highest BCUT2D eigenvalue weighted by atomic mass is 32.1. The van der Waals surface area contributed by atoms with Crippen LogP contribution in [0.3, 0.4) is 0 Å². The molecule has 3 N–H and O–H groups in total. The Bertz CT molecular complexity index is 862. The lowest BCUT2D eigenvalue weighted by atomic mass is 10.0. The molecule has 29 heavy (non-hydrogen) atoms. The SMILES string of the molecule is C#CCCCCOc1ccc(CC(N)c2csc(NC(C)=N/C=C\C=C)n2)cc1. The van der Waals surface area contributed by atoms with Crippen molar-refractivity contribution in [1.29, 1.82) is 0 Å². The first kappa shape index (κ1) is 22.4. The second-order valence-corrected chi connectivity index (χ2v) is 7.32. The van der Waals surface area contributed by atoms with Gasteiger partial charge in [-0.25, -0.2) is 9.98 Å². The molecule has 2 aromatic rings. The summed E-state index contributed by atoms with van der Waals surface area (Å²) in [7, 11) is 0. The third-order valence-electron chi connectivity index (χ3n) is 4.04. The number of terminal acetylenes is 1. The minimum atomic E-state index is -0.171. The van der Waals surface area contributed by atoms with Gasteiger partial charge < -0.3 is 15.8 Å². The van der Waals surface area contributed by atoms with Crippen LogP contribution in [0.4, 0.5) is 5.13 Å². The lowest BCUT2D eigenvalue weighted by Gasteiger charge is -2.10. The first-order chi connectivity index (χ1) is 14.1. The molecule has 0 radical (unpaired) electrons. The summed E-state index contributed by atoms with van der Waals surface area (Å²) in [5.41, 5.74) is 8.36. The molecule has 1 aromatic heterocycles. The third kappa shape index (κ3) is 8.34. The van der Waals surface area contributed by atoms with Gasteiger partial charge in [-0.05, 0) is 50.0 Å². The van der Waals surface area contributed by atoms with Crippen molar-refractivity contribution in [3.63, 3.8) is 0 Å². The summed E-state index contributed by atoms with van der Waals surface area (Å²) in [5.74, 6) is 4.26. The second kappa shape index (κ2) is 12.6. The predicted octanol–water partition coefficient (Wildman–Crippen LogP) is 5.10. The van der Waals surface area contributed by atoms with Gasteiger partial charge in [0.15, 0.2) is 5.13 Å². The number of unbranched alkanes of at least 4 members (excludes halogenated alkanes) is 2. The van der Waals surface area contributed by atoms with Crippen molar-refractivity contribution in [1.82, 2.24) is 4.98 Å². The number of rotatable bonds is 11. The highest BCUT2D eigenvalue weighted by Gasteiger charge is 2.12. The fourth-order valence-corrected chi connectivity index (χ4v) is 3.34. The van der Waals surface area contributed by atoms with Gasteiger partial charge in [-0.3, -0.25) is 0 Å². The number of benzene rings is 1. The number of nitrogens with one attached hydrogen (secondary N) is 1. The maximum Gasteiger partial charge on any atom is 0.188 e. The van der Waals surface area contributed by atoms with Crippen LogP contribution in [0.25, 0.3) is 0 Å². The lowest BCUT2D eigenvalue weighted by Crippen LogP contribution is -2.14. The van der Waals surface area contributed by atoms with E-state index in [1.807, 2.05) is 36.6 Å². The molecule has 0 saturated heterocycles. The van der Waals surface area contributed by atoms with Crippen LogP contribution in [0.5, 0.6) is 5.75 Å². The number of nitrogens with two attached hydrogens (primary N) is 1. The molecule has 0 spiro atoms. The minimum Gasteiger partial charge on any atom is -0.494 e. The lowest BCUT2D eigenvalue weighted by molar-refractivity contribution is 0.307. The van der Waals surface area contributed by atoms with Crippen LogP contribution in [-0.4, -0.2) is 17.4 Å². The second-order valence-electron chi connectivity index (χ2n) is 6.46. The van der Waals surface area contributed by atoms with Crippen molar-refractivity contribution in [3.05, 3.63) is 65.8 Å². The smallest absolute Gasteiger partial charge is 0.188 e. The van der Waals surface area contributed by atoms with Gasteiger partial charge in [0.1, 0.15) is 11.6 Å². The number of thiazole rings is 1. The average Bonchev–Trinajstić information content (AvgIpc) is 3.18. The molecule has 0 fully saturated rings. The molecule has 0 saturated carbocycles. The van der Waals surface area contributed by atoms with Gasteiger partial charge in [-0.1, -0.05) is 24.8 Å². The van der Waals surface area contributed by atoms with Gasteiger partial charge in [-0.2, -0.15) is 0 Å². The maximum absolute atomic E-state index is 6.35. The highest BCUT2D eigenvalue weighted by molar-refractivity contribution is 7.13. The third-order valence-corrected chi connectivity index (χ3v) is 4.82. The Morgan fingerprint density at radius 2 is 2.21 bits per heavy atom. The summed E-state index contributed by atoms with van der Waals surface area (Å²) in [6.45, 7) is 6.18. The summed E-state index contributed by atoms with van der Waals surface area (Å²) in [5, 5.41) is 5.92.